The lowest BCUT2D eigenvalue weighted by Gasteiger charge is -2.08. The number of aryl methyl sites for hydroxylation is 1. The van der Waals surface area contributed by atoms with E-state index in [4.69, 9.17) is 0 Å². The molecule has 6 heteroatoms. The van der Waals surface area contributed by atoms with Crippen molar-refractivity contribution in [1.29, 1.82) is 0 Å². The Morgan fingerprint density at radius 1 is 1.24 bits per heavy atom. The van der Waals surface area contributed by atoms with E-state index in [0.717, 1.165) is 11.3 Å². The number of nitrogens with one attached hydrogen (secondary N) is 1. The fourth-order valence-corrected chi connectivity index (χ4v) is 2.00. The molecule has 110 valence electrons. The fraction of sp³-hybridized carbons (Fsp3) is 0.267. The Morgan fingerprint density at radius 2 is 1.95 bits per heavy atom. The number of anilines is 1. The molecule has 1 N–H and O–H groups in total. The zero-order valence-electron chi connectivity index (χ0n) is 12.0. The van der Waals surface area contributed by atoms with Crippen LogP contribution in [0.15, 0.2) is 36.5 Å². The minimum absolute atomic E-state index is 0.0588. The Kier molecular flexibility index (Phi) is 4.71. The monoisotopic (exact) mass is 287 g/mol. The van der Waals surface area contributed by atoms with Gasteiger partial charge in [-0.3, -0.25) is 14.3 Å². The summed E-state index contributed by atoms with van der Waals surface area (Å²) in [6.07, 6.45) is 1.73. The molecule has 21 heavy (non-hydrogen) atoms. The Bertz CT molecular complexity index is 635. The van der Waals surface area contributed by atoms with Crippen LogP contribution in [0.25, 0.3) is 11.3 Å². The van der Waals surface area contributed by atoms with Crippen LogP contribution >= 0.6 is 0 Å². The maximum atomic E-state index is 11.9. The third kappa shape index (κ3) is 3.68. The molecule has 0 aliphatic heterocycles. The van der Waals surface area contributed by atoms with Gasteiger partial charge < -0.3 is 10.1 Å². The van der Waals surface area contributed by atoms with Gasteiger partial charge in [-0.05, 0) is 0 Å². The number of carbonyl (C=O) groups excluding carboxylic acids is 2. The first-order chi connectivity index (χ1) is 10.1. The molecule has 0 spiro atoms. The molecule has 1 aromatic heterocycles. The van der Waals surface area contributed by atoms with Gasteiger partial charge in [-0.15, -0.1) is 0 Å². The molecule has 1 heterocycles. The highest BCUT2D eigenvalue weighted by molar-refractivity contribution is 5.95. The van der Waals surface area contributed by atoms with Gasteiger partial charge in [0.2, 0.25) is 5.91 Å². The molecule has 2 aromatic rings. The Hall–Kier alpha value is -2.63. The van der Waals surface area contributed by atoms with Crippen molar-refractivity contribution in [2.75, 3.05) is 12.4 Å². The first kappa shape index (κ1) is 14.8. The van der Waals surface area contributed by atoms with Gasteiger partial charge in [-0.1, -0.05) is 30.3 Å². The molecule has 0 aliphatic carbocycles. The summed E-state index contributed by atoms with van der Waals surface area (Å²) < 4.78 is 6.21. The number of benzene rings is 1. The van der Waals surface area contributed by atoms with Crippen molar-refractivity contribution in [1.82, 2.24) is 9.78 Å². The average Bonchev–Trinajstić information content (AvgIpc) is 2.86. The number of ether oxygens (including phenoxy) is 1. The molecular weight excluding hydrogens is 270 g/mol. The first-order valence-electron chi connectivity index (χ1n) is 6.56. The summed E-state index contributed by atoms with van der Waals surface area (Å²) in [6, 6.07) is 9.66. The van der Waals surface area contributed by atoms with Gasteiger partial charge in [-0.2, -0.15) is 5.10 Å². The van der Waals surface area contributed by atoms with Crippen LogP contribution in [0.4, 0.5) is 5.69 Å². The van der Waals surface area contributed by atoms with Crippen molar-refractivity contribution < 1.29 is 14.3 Å². The Morgan fingerprint density at radius 3 is 2.62 bits per heavy atom. The van der Waals surface area contributed by atoms with E-state index >= 15 is 0 Å². The number of aromatic nitrogens is 2. The summed E-state index contributed by atoms with van der Waals surface area (Å²) in [5, 5.41) is 6.95. The third-order valence-electron chi connectivity index (χ3n) is 3.04. The van der Waals surface area contributed by atoms with Crippen LogP contribution in [-0.4, -0.2) is 28.8 Å². The van der Waals surface area contributed by atoms with Crippen molar-refractivity contribution >= 4 is 17.6 Å². The highest BCUT2D eigenvalue weighted by Gasteiger charge is 2.14. The molecule has 0 aliphatic rings. The highest BCUT2D eigenvalue weighted by Crippen LogP contribution is 2.27. The zero-order valence-corrected chi connectivity index (χ0v) is 12.0. The minimum atomic E-state index is -0.403. The summed E-state index contributed by atoms with van der Waals surface area (Å²) in [7, 11) is 3.11. The van der Waals surface area contributed by atoms with Crippen molar-refractivity contribution in [3.05, 3.63) is 36.5 Å². The van der Waals surface area contributed by atoms with Crippen LogP contribution in [0, 0.1) is 0 Å². The van der Waals surface area contributed by atoms with E-state index in [1.165, 1.54) is 7.11 Å². The predicted octanol–water partition coefficient (Wildman–Crippen LogP) is 1.98. The number of methoxy groups -OCH3 is 1. The topological polar surface area (TPSA) is 73.2 Å². The second kappa shape index (κ2) is 6.69. The predicted molar refractivity (Wildman–Crippen MR) is 78.5 cm³/mol. The number of amides is 1. The Labute approximate surface area is 122 Å². The Balaban J connectivity index is 2.11. The largest absolute Gasteiger partial charge is 0.469 e. The maximum Gasteiger partial charge on any atom is 0.306 e. The van der Waals surface area contributed by atoms with E-state index in [1.807, 2.05) is 37.4 Å². The van der Waals surface area contributed by atoms with Gasteiger partial charge in [-0.25, -0.2) is 0 Å². The lowest BCUT2D eigenvalue weighted by Crippen LogP contribution is -2.14. The van der Waals surface area contributed by atoms with Crippen LogP contribution in [0.2, 0.25) is 0 Å². The van der Waals surface area contributed by atoms with Crippen molar-refractivity contribution in [3.8, 4) is 11.3 Å². The van der Waals surface area contributed by atoms with Gasteiger partial charge >= 0.3 is 5.97 Å². The normalized spacial score (nSPS) is 10.2. The molecule has 0 saturated heterocycles. The van der Waals surface area contributed by atoms with Crippen molar-refractivity contribution in [2.45, 2.75) is 12.8 Å². The second-order valence-corrected chi connectivity index (χ2v) is 4.52. The van der Waals surface area contributed by atoms with Crippen LogP contribution < -0.4 is 5.32 Å². The minimum Gasteiger partial charge on any atom is -0.469 e. The van der Waals surface area contributed by atoms with Gasteiger partial charge in [0.25, 0.3) is 0 Å². The molecule has 0 fully saturated rings. The fourth-order valence-electron chi connectivity index (χ4n) is 2.00. The van der Waals surface area contributed by atoms with Gasteiger partial charge in [0.1, 0.15) is 0 Å². The second-order valence-electron chi connectivity index (χ2n) is 4.52. The lowest BCUT2D eigenvalue weighted by molar-refractivity contribution is -0.141. The molecule has 0 bridgehead atoms. The lowest BCUT2D eigenvalue weighted by atomic mass is 10.1. The first-order valence-corrected chi connectivity index (χ1v) is 6.56. The SMILES string of the molecule is COC(=O)CCC(=O)Nc1cnn(C)c1-c1ccccc1. The molecule has 0 saturated carbocycles. The quantitative estimate of drug-likeness (QED) is 0.853. The van der Waals surface area contributed by atoms with Crippen molar-refractivity contribution in [3.63, 3.8) is 0 Å². The smallest absolute Gasteiger partial charge is 0.306 e. The van der Waals surface area contributed by atoms with Crippen LogP contribution in [0.3, 0.4) is 0 Å². The van der Waals surface area contributed by atoms with Crippen molar-refractivity contribution in [2.24, 2.45) is 7.05 Å². The molecule has 1 amide bonds. The molecule has 1 aromatic carbocycles. The molecule has 6 nitrogen and oxygen atoms in total. The zero-order chi connectivity index (χ0) is 15.2. The van der Waals surface area contributed by atoms with Crippen LogP contribution in [0.1, 0.15) is 12.8 Å². The summed E-state index contributed by atoms with van der Waals surface area (Å²) in [4.78, 5) is 22.9. The average molecular weight is 287 g/mol. The number of nitrogens with zero attached hydrogens (tertiary/aromatic N) is 2. The van der Waals surface area contributed by atoms with E-state index < -0.39 is 5.97 Å². The molecule has 0 atom stereocenters. The van der Waals surface area contributed by atoms with E-state index in [2.05, 4.69) is 15.2 Å². The van der Waals surface area contributed by atoms with Gasteiger partial charge in [0, 0.05) is 19.0 Å². The number of hydrogen-bond donors (Lipinski definition) is 1. The standard InChI is InChI=1S/C15H17N3O3/c1-18-15(11-6-4-3-5-7-11)12(10-16-18)17-13(19)8-9-14(20)21-2/h3-7,10H,8-9H2,1-2H3,(H,17,19). The molecular formula is C15H17N3O3. The number of hydrogen-bond acceptors (Lipinski definition) is 4. The summed E-state index contributed by atoms with van der Waals surface area (Å²) >= 11 is 0. The molecule has 0 unspecified atom stereocenters. The van der Waals surface area contributed by atoms with E-state index in [0.29, 0.717) is 5.69 Å². The van der Waals surface area contributed by atoms with E-state index in [1.54, 1.807) is 10.9 Å². The van der Waals surface area contributed by atoms with Crippen LogP contribution in [-0.2, 0) is 21.4 Å². The summed E-state index contributed by atoms with van der Waals surface area (Å²) in [6.45, 7) is 0. The number of rotatable bonds is 5. The summed E-state index contributed by atoms with van der Waals surface area (Å²) in [5.74, 6) is -0.648. The van der Waals surface area contributed by atoms with Crippen LogP contribution in [0.5, 0.6) is 0 Å². The van der Waals surface area contributed by atoms with Gasteiger partial charge in [0.05, 0.1) is 31.1 Å². The maximum absolute atomic E-state index is 11.9. The number of carbonyl (C=O) groups is 2. The van der Waals surface area contributed by atoms with Gasteiger partial charge in [0.15, 0.2) is 0 Å². The highest BCUT2D eigenvalue weighted by atomic mass is 16.5. The molecule has 0 radical (unpaired) electrons. The van der Waals surface area contributed by atoms with E-state index in [9.17, 15) is 9.59 Å². The third-order valence-corrected chi connectivity index (χ3v) is 3.04. The number of esters is 1. The van der Waals surface area contributed by atoms with E-state index in [-0.39, 0.29) is 18.7 Å². The molecule has 2 rings (SSSR count). The summed E-state index contributed by atoms with van der Waals surface area (Å²) in [5.41, 5.74) is 2.40.